The predicted molar refractivity (Wildman–Crippen MR) is 86.5 cm³/mol. The van der Waals surface area contributed by atoms with Crippen LogP contribution in [-0.2, 0) is 6.61 Å². The molecule has 0 radical (unpaired) electrons. The van der Waals surface area contributed by atoms with Gasteiger partial charge in [-0.25, -0.2) is 4.98 Å². The Morgan fingerprint density at radius 1 is 1.38 bits per heavy atom. The zero-order chi connectivity index (χ0) is 15.3. The summed E-state index contributed by atoms with van der Waals surface area (Å²) in [5.74, 6) is 6.08. The minimum atomic E-state index is 0.0170. The third kappa shape index (κ3) is 4.06. The molecule has 110 valence electrons. The molecule has 0 spiro atoms. The first-order valence-electron chi connectivity index (χ1n) is 7.47. The lowest BCUT2D eigenvalue weighted by Gasteiger charge is -2.32. The van der Waals surface area contributed by atoms with E-state index in [1.165, 1.54) is 30.4 Å². The van der Waals surface area contributed by atoms with Crippen molar-refractivity contribution in [3.05, 3.63) is 52.9 Å². The van der Waals surface area contributed by atoms with E-state index in [-0.39, 0.29) is 12.0 Å². The molecule has 0 aliphatic heterocycles. The quantitative estimate of drug-likeness (QED) is 0.831. The standard InChI is InChI=1S/C19H23NO/c1-15-7-6-12-19(2,3)18(15)9-5-4-8-17-11-10-16(14-21)13-20-17/h5,9-11,13,21H,6-7,12,14H2,1-3H3/b9-5+. The topological polar surface area (TPSA) is 33.1 Å². The summed E-state index contributed by atoms with van der Waals surface area (Å²) in [7, 11) is 0. The highest BCUT2D eigenvalue weighted by Gasteiger charge is 2.26. The minimum absolute atomic E-state index is 0.0170. The molecule has 0 saturated carbocycles. The predicted octanol–water partition coefficient (Wildman–Crippen LogP) is 4.01. The first-order valence-corrected chi connectivity index (χ1v) is 7.47. The third-order valence-corrected chi connectivity index (χ3v) is 4.08. The Balaban J connectivity index is 2.10. The SMILES string of the molecule is CC1=C(/C=C/C#Cc2ccc(CO)cn2)C(C)(C)CCC1. The van der Waals surface area contributed by atoms with Gasteiger partial charge in [0.1, 0.15) is 5.69 Å². The summed E-state index contributed by atoms with van der Waals surface area (Å²) < 4.78 is 0. The molecule has 0 saturated heterocycles. The number of aliphatic hydroxyl groups excluding tert-OH is 1. The van der Waals surface area contributed by atoms with Crippen LogP contribution in [0.25, 0.3) is 0 Å². The summed E-state index contributed by atoms with van der Waals surface area (Å²) in [6, 6.07) is 3.68. The minimum Gasteiger partial charge on any atom is -0.392 e. The normalized spacial score (nSPS) is 17.7. The van der Waals surface area contributed by atoms with Crippen LogP contribution < -0.4 is 0 Å². The van der Waals surface area contributed by atoms with Crippen LogP contribution in [0, 0.1) is 17.3 Å². The summed E-state index contributed by atoms with van der Waals surface area (Å²) >= 11 is 0. The van der Waals surface area contributed by atoms with Gasteiger partial charge in [0.05, 0.1) is 6.61 Å². The Kier molecular flexibility index (Phi) is 4.98. The number of pyridine rings is 1. The van der Waals surface area contributed by atoms with E-state index in [2.05, 4.69) is 43.7 Å². The van der Waals surface area contributed by atoms with Crippen LogP contribution in [0.15, 0.2) is 41.6 Å². The first kappa shape index (κ1) is 15.5. The molecular weight excluding hydrogens is 258 g/mol. The van der Waals surface area contributed by atoms with Crippen LogP contribution in [0.1, 0.15) is 51.3 Å². The van der Waals surface area contributed by atoms with E-state index in [0.29, 0.717) is 0 Å². The van der Waals surface area contributed by atoms with Gasteiger partial charge in [-0.2, -0.15) is 0 Å². The van der Waals surface area contributed by atoms with Crippen LogP contribution >= 0.6 is 0 Å². The van der Waals surface area contributed by atoms with Crippen LogP contribution in [0.5, 0.6) is 0 Å². The fourth-order valence-electron chi connectivity index (χ4n) is 2.84. The number of hydrogen-bond acceptors (Lipinski definition) is 2. The second-order valence-electron chi connectivity index (χ2n) is 6.24. The second kappa shape index (κ2) is 6.74. The molecule has 1 aromatic heterocycles. The largest absolute Gasteiger partial charge is 0.392 e. The van der Waals surface area contributed by atoms with Gasteiger partial charge < -0.3 is 5.11 Å². The molecule has 2 heteroatoms. The van der Waals surface area contributed by atoms with Crippen molar-refractivity contribution < 1.29 is 5.11 Å². The van der Waals surface area contributed by atoms with Crippen molar-refractivity contribution >= 4 is 0 Å². The molecule has 0 aromatic carbocycles. The summed E-state index contributed by atoms with van der Waals surface area (Å²) in [4.78, 5) is 4.20. The van der Waals surface area contributed by atoms with E-state index >= 15 is 0 Å². The lowest BCUT2D eigenvalue weighted by atomic mass is 9.73. The third-order valence-electron chi connectivity index (χ3n) is 4.08. The molecule has 0 atom stereocenters. The Bertz CT molecular complexity index is 609. The summed E-state index contributed by atoms with van der Waals surface area (Å²) in [6.07, 6.45) is 9.45. The van der Waals surface area contributed by atoms with Crippen molar-refractivity contribution in [3.8, 4) is 11.8 Å². The summed E-state index contributed by atoms with van der Waals surface area (Å²) in [6.45, 7) is 6.85. The molecule has 0 bridgehead atoms. The molecule has 1 aromatic rings. The maximum Gasteiger partial charge on any atom is 0.113 e. The fourth-order valence-corrected chi connectivity index (χ4v) is 2.84. The highest BCUT2D eigenvalue weighted by atomic mass is 16.3. The molecule has 1 heterocycles. The highest BCUT2D eigenvalue weighted by molar-refractivity contribution is 5.38. The van der Waals surface area contributed by atoms with E-state index < -0.39 is 0 Å². The molecule has 0 unspecified atom stereocenters. The average Bonchev–Trinajstić information content (AvgIpc) is 2.46. The van der Waals surface area contributed by atoms with Crippen molar-refractivity contribution in [2.24, 2.45) is 5.41 Å². The van der Waals surface area contributed by atoms with E-state index in [4.69, 9.17) is 5.11 Å². The van der Waals surface area contributed by atoms with Gasteiger partial charge in [0.25, 0.3) is 0 Å². The molecule has 1 aliphatic rings. The molecule has 1 N–H and O–H groups in total. The van der Waals surface area contributed by atoms with Crippen molar-refractivity contribution in [1.82, 2.24) is 4.98 Å². The molecule has 1 aliphatic carbocycles. The second-order valence-corrected chi connectivity index (χ2v) is 6.24. The van der Waals surface area contributed by atoms with E-state index in [9.17, 15) is 0 Å². The van der Waals surface area contributed by atoms with E-state index in [1.54, 1.807) is 6.20 Å². The van der Waals surface area contributed by atoms with Gasteiger partial charge in [-0.3, -0.25) is 0 Å². The van der Waals surface area contributed by atoms with Crippen LogP contribution in [0.2, 0.25) is 0 Å². The number of allylic oxidation sites excluding steroid dienone is 4. The average molecular weight is 281 g/mol. The molecule has 21 heavy (non-hydrogen) atoms. The zero-order valence-electron chi connectivity index (χ0n) is 13.1. The number of rotatable bonds is 2. The Labute approximate surface area is 127 Å². The smallest absolute Gasteiger partial charge is 0.113 e. The molecule has 0 amide bonds. The summed E-state index contributed by atoms with van der Waals surface area (Å²) in [5, 5.41) is 8.97. The highest BCUT2D eigenvalue weighted by Crippen LogP contribution is 2.40. The number of nitrogens with zero attached hydrogens (tertiary/aromatic N) is 1. The van der Waals surface area contributed by atoms with E-state index in [0.717, 1.165) is 11.3 Å². The summed E-state index contributed by atoms with van der Waals surface area (Å²) in [5.41, 5.74) is 4.69. The van der Waals surface area contributed by atoms with Crippen LogP contribution in [0.4, 0.5) is 0 Å². The van der Waals surface area contributed by atoms with Crippen LogP contribution in [-0.4, -0.2) is 10.1 Å². The van der Waals surface area contributed by atoms with Gasteiger partial charge in [0.2, 0.25) is 0 Å². The molecule has 0 fully saturated rings. The Morgan fingerprint density at radius 2 is 2.19 bits per heavy atom. The molecule has 2 nitrogen and oxygen atoms in total. The van der Waals surface area contributed by atoms with Gasteiger partial charge in [-0.05, 0) is 60.8 Å². The Hall–Kier alpha value is -1.85. The lowest BCUT2D eigenvalue weighted by Crippen LogP contribution is -2.18. The van der Waals surface area contributed by atoms with Gasteiger partial charge in [0.15, 0.2) is 0 Å². The van der Waals surface area contributed by atoms with Gasteiger partial charge in [-0.15, -0.1) is 0 Å². The van der Waals surface area contributed by atoms with Gasteiger partial charge in [0, 0.05) is 6.20 Å². The molecular formula is C19H23NO. The van der Waals surface area contributed by atoms with Crippen molar-refractivity contribution in [2.45, 2.75) is 46.6 Å². The van der Waals surface area contributed by atoms with Gasteiger partial charge in [-0.1, -0.05) is 37.5 Å². The molecule has 2 rings (SSSR count). The van der Waals surface area contributed by atoms with Crippen molar-refractivity contribution in [1.29, 1.82) is 0 Å². The van der Waals surface area contributed by atoms with Crippen LogP contribution in [0.3, 0.4) is 0 Å². The maximum atomic E-state index is 8.97. The number of aliphatic hydroxyl groups is 1. The first-order chi connectivity index (χ1) is 10.0. The number of hydrogen-bond donors (Lipinski definition) is 1. The number of aromatic nitrogens is 1. The van der Waals surface area contributed by atoms with Crippen molar-refractivity contribution in [3.63, 3.8) is 0 Å². The lowest BCUT2D eigenvalue weighted by molar-refractivity contribution is 0.281. The maximum absolute atomic E-state index is 8.97. The monoisotopic (exact) mass is 281 g/mol. The fraction of sp³-hybridized carbons (Fsp3) is 0.421. The van der Waals surface area contributed by atoms with E-state index in [1.807, 2.05) is 18.2 Å². The Morgan fingerprint density at radius 3 is 2.81 bits per heavy atom. The van der Waals surface area contributed by atoms with Gasteiger partial charge >= 0.3 is 0 Å². The van der Waals surface area contributed by atoms with Crippen molar-refractivity contribution in [2.75, 3.05) is 0 Å². The zero-order valence-corrected chi connectivity index (χ0v) is 13.1.